The van der Waals surface area contributed by atoms with Crippen LogP contribution < -0.4 is 15.4 Å². The second kappa shape index (κ2) is 8.57. The standard InChI is InChI=1S/C26H33N3O4S/c1-3-33-22-10-8-21(9-11-22)28-15-20-14-26(2)23(28)16-29(24(20)26)25(30)19-6-4-18(5-7-19)17-34(31,32)13-12-27/h4-11,20,23-24H,3,12-17,27H2,1-2H3/t20-,23+,24?,26?/m0/s1. The van der Waals surface area contributed by atoms with Crippen LogP contribution in [0.5, 0.6) is 5.75 Å². The van der Waals surface area contributed by atoms with Crippen LogP contribution in [-0.2, 0) is 15.6 Å². The maximum absolute atomic E-state index is 13.5. The minimum Gasteiger partial charge on any atom is -0.494 e. The monoisotopic (exact) mass is 483 g/mol. The highest BCUT2D eigenvalue weighted by molar-refractivity contribution is 7.90. The average molecular weight is 484 g/mol. The van der Waals surface area contributed by atoms with Crippen LogP contribution in [0.4, 0.5) is 5.69 Å². The summed E-state index contributed by atoms with van der Waals surface area (Å²) in [4.78, 5) is 18.0. The minimum atomic E-state index is -3.23. The van der Waals surface area contributed by atoms with E-state index in [0.29, 0.717) is 30.2 Å². The number of piperidine rings is 2. The molecule has 3 heterocycles. The molecule has 7 nitrogen and oxygen atoms in total. The summed E-state index contributed by atoms with van der Waals surface area (Å²) < 4.78 is 29.7. The van der Waals surface area contributed by atoms with Crippen molar-refractivity contribution in [2.75, 3.05) is 36.9 Å². The van der Waals surface area contributed by atoms with Gasteiger partial charge in [-0.1, -0.05) is 19.1 Å². The van der Waals surface area contributed by atoms with Gasteiger partial charge in [0.15, 0.2) is 9.84 Å². The Hall–Kier alpha value is -2.58. The Bertz CT molecular complexity index is 1170. The third kappa shape index (κ3) is 3.86. The van der Waals surface area contributed by atoms with Gasteiger partial charge >= 0.3 is 0 Å². The number of hydrogen-bond donors (Lipinski definition) is 1. The molecule has 0 spiro atoms. The Labute approximate surface area is 201 Å². The highest BCUT2D eigenvalue weighted by atomic mass is 32.2. The molecular formula is C26H33N3O4S. The molecule has 3 saturated heterocycles. The maximum atomic E-state index is 13.5. The summed E-state index contributed by atoms with van der Waals surface area (Å²) in [6, 6.07) is 15.8. The molecule has 2 aromatic rings. The van der Waals surface area contributed by atoms with Gasteiger partial charge in [0, 0.05) is 42.3 Å². The molecule has 182 valence electrons. The lowest BCUT2D eigenvalue weighted by atomic mass is 9.54. The van der Waals surface area contributed by atoms with E-state index in [9.17, 15) is 13.2 Å². The van der Waals surface area contributed by atoms with Crippen LogP contribution in [-0.4, -0.2) is 63.3 Å². The van der Waals surface area contributed by atoms with E-state index >= 15 is 0 Å². The zero-order valence-electron chi connectivity index (χ0n) is 19.8. The summed E-state index contributed by atoms with van der Waals surface area (Å²) in [5.41, 5.74) is 7.96. The van der Waals surface area contributed by atoms with Gasteiger partial charge in [-0.15, -0.1) is 0 Å². The first-order valence-corrected chi connectivity index (χ1v) is 13.9. The molecular weight excluding hydrogens is 450 g/mol. The van der Waals surface area contributed by atoms with Crippen LogP contribution in [0.2, 0.25) is 0 Å². The molecule has 1 saturated carbocycles. The average Bonchev–Trinajstić information content (AvgIpc) is 2.93. The van der Waals surface area contributed by atoms with E-state index in [0.717, 1.165) is 18.7 Å². The first-order chi connectivity index (χ1) is 16.3. The number of hydrogen-bond acceptors (Lipinski definition) is 6. The number of carbonyl (C=O) groups excluding carboxylic acids is 1. The van der Waals surface area contributed by atoms with E-state index in [-0.39, 0.29) is 41.5 Å². The van der Waals surface area contributed by atoms with Crippen LogP contribution in [0.1, 0.15) is 36.2 Å². The van der Waals surface area contributed by atoms with Crippen molar-refractivity contribution >= 4 is 21.4 Å². The number of benzene rings is 2. The summed E-state index contributed by atoms with van der Waals surface area (Å²) in [5, 5.41) is 0. The van der Waals surface area contributed by atoms with Crippen LogP contribution >= 0.6 is 0 Å². The SMILES string of the molecule is CCOc1ccc(N2C[C@@H]3CC4(C)C3N(C(=O)c3ccc(CS(=O)(=O)CCN)cc3)C[C@@H]24)cc1. The number of rotatable bonds is 8. The first kappa shape index (κ1) is 23.2. The lowest BCUT2D eigenvalue weighted by molar-refractivity contribution is -0.0299. The van der Waals surface area contributed by atoms with E-state index in [4.69, 9.17) is 10.5 Å². The number of amides is 1. The van der Waals surface area contributed by atoms with Gasteiger partial charge in [-0.3, -0.25) is 4.79 Å². The zero-order valence-corrected chi connectivity index (χ0v) is 20.6. The number of fused-ring (bicyclic) bond motifs is 1. The third-order valence-corrected chi connectivity index (χ3v) is 9.49. The summed E-state index contributed by atoms with van der Waals surface area (Å²) in [5.74, 6) is 1.29. The van der Waals surface area contributed by atoms with Crippen molar-refractivity contribution in [3.8, 4) is 5.75 Å². The van der Waals surface area contributed by atoms with Crippen LogP contribution in [0, 0.1) is 11.3 Å². The topological polar surface area (TPSA) is 92.9 Å². The highest BCUT2D eigenvalue weighted by Gasteiger charge is 2.68. The van der Waals surface area contributed by atoms with E-state index in [1.165, 1.54) is 5.69 Å². The van der Waals surface area contributed by atoms with Crippen molar-refractivity contribution < 1.29 is 17.9 Å². The lowest BCUT2D eigenvalue weighted by Gasteiger charge is -2.61. The fourth-order valence-electron chi connectivity index (χ4n) is 6.44. The van der Waals surface area contributed by atoms with Gasteiger partial charge < -0.3 is 20.3 Å². The Kier molecular flexibility index (Phi) is 5.84. The number of nitrogens with two attached hydrogens (primary N) is 1. The quantitative estimate of drug-likeness (QED) is 0.621. The molecule has 8 heteroatoms. The molecule has 2 N–H and O–H groups in total. The predicted molar refractivity (Wildman–Crippen MR) is 133 cm³/mol. The molecule has 2 unspecified atom stereocenters. The molecule has 0 radical (unpaired) electrons. The molecule has 4 bridgehead atoms. The van der Waals surface area contributed by atoms with Crippen LogP contribution in [0.15, 0.2) is 48.5 Å². The van der Waals surface area contributed by atoms with Crippen molar-refractivity contribution in [1.82, 2.24) is 4.90 Å². The summed E-state index contributed by atoms with van der Waals surface area (Å²) >= 11 is 0. The fourth-order valence-corrected chi connectivity index (χ4v) is 7.64. The molecule has 4 aliphatic rings. The van der Waals surface area contributed by atoms with Crippen LogP contribution in [0.3, 0.4) is 0 Å². The van der Waals surface area contributed by atoms with Crippen molar-refractivity contribution in [2.24, 2.45) is 17.1 Å². The maximum Gasteiger partial charge on any atom is 0.254 e. The van der Waals surface area contributed by atoms with E-state index in [1.807, 2.05) is 19.1 Å². The Balaban J connectivity index is 1.32. The van der Waals surface area contributed by atoms with Crippen molar-refractivity contribution in [2.45, 2.75) is 38.1 Å². The minimum absolute atomic E-state index is 0.0324. The fraction of sp³-hybridized carbons (Fsp3) is 0.500. The van der Waals surface area contributed by atoms with E-state index < -0.39 is 9.84 Å². The molecule has 6 rings (SSSR count). The normalized spacial score (nSPS) is 27.4. The summed E-state index contributed by atoms with van der Waals surface area (Å²) in [6.07, 6.45) is 1.15. The Morgan fingerprint density at radius 3 is 2.47 bits per heavy atom. The summed E-state index contributed by atoms with van der Waals surface area (Å²) in [7, 11) is -3.23. The molecule has 1 amide bonds. The number of anilines is 1. The summed E-state index contributed by atoms with van der Waals surface area (Å²) in [6.45, 7) is 6.73. The molecule has 3 aliphatic heterocycles. The highest BCUT2D eigenvalue weighted by Crippen LogP contribution is 2.61. The largest absolute Gasteiger partial charge is 0.494 e. The van der Waals surface area contributed by atoms with Gasteiger partial charge in [0.25, 0.3) is 5.91 Å². The third-order valence-electron chi connectivity index (χ3n) is 7.85. The molecule has 0 aromatic heterocycles. The molecule has 1 aliphatic carbocycles. The first-order valence-electron chi connectivity index (χ1n) is 12.1. The van der Waals surface area contributed by atoms with Crippen LogP contribution in [0.25, 0.3) is 0 Å². The van der Waals surface area contributed by atoms with Crippen molar-refractivity contribution in [3.05, 3.63) is 59.7 Å². The number of nitrogens with zero attached hydrogens (tertiary/aromatic N) is 2. The lowest BCUT2D eigenvalue weighted by Crippen LogP contribution is -2.68. The number of sulfone groups is 1. The van der Waals surface area contributed by atoms with Crippen molar-refractivity contribution in [3.63, 3.8) is 0 Å². The second-order valence-electron chi connectivity index (χ2n) is 10.0. The van der Waals surface area contributed by atoms with Gasteiger partial charge in [-0.25, -0.2) is 8.42 Å². The van der Waals surface area contributed by atoms with Crippen molar-refractivity contribution in [1.29, 1.82) is 0 Å². The predicted octanol–water partition coefficient (Wildman–Crippen LogP) is 2.70. The molecule has 4 fully saturated rings. The Morgan fingerprint density at radius 2 is 1.82 bits per heavy atom. The number of carbonyl (C=O) groups is 1. The molecule has 4 atom stereocenters. The van der Waals surface area contributed by atoms with Gasteiger partial charge in [0.1, 0.15) is 5.75 Å². The smallest absolute Gasteiger partial charge is 0.254 e. The zero-order chi connectivity index (χ0) is 24.1. The van der Waals surface area contributed by atoms with E-state index in [2.05, 4.69) is 28.9 Å². The molecule has 2 aromatic carbocycles. The number of ether oxygens (including phenoxy) is 1. The van der Waals surface area contributed by atoms with Gasteiger partial charge in [0.2, 0.25) is 0 Å². The molecule has 34 heavy (non-hydrogen) atoms. The van der Waals surface area contributed by atoms with Gasteiger partial charge in [-0.2, -0.15) is 0 Å². The number of likely N-dealkylation sites (tertiary alicyclic amines) is 1. The van der Waals surface area contributed by atoms with Gasteiger partial charge in [-0.05, 0) is 61.2 Å². The Morgan fingerprint density at radius 1 is 1.12 bits per heavy atom. The van der Waals surface area contributed by atoms with Gasteiger partial charge in [0.05, 0.1) is 24.2 Å². The van der Waals surface area contributed by atoms with E-state index in [1.54, 1.807) is 24.3 Å². The second-order valence-corrected chi connectivity index (χ2v) is 12.2.